The molecule has 4 nitrogen and oxygen atoms in total. The average molecular weight is 264 g/mol. The van der Waals surface area contributed by atoms with Gasteiger partial charge < -0.3 is 10.6 Å². The third kappa shape index (κ3) is 4.48. The third-order valence-electron chi connectivity index (χ3n) is 2.18. The van der Waals surface area contributed by atoms with Gasteiger partial charge in [-0.3, -0.25) is 4.79 Å². The molecule has 1 aromatic rings. The second-order valence-corrected chi connectivity index (χ2v) is 4.00. The van der Waals surface area contributed by atoms with Gasteiger partial charge in [0.05, 0.1) is 0 Å². The van der Waals surface area contributed by atoms with E-state index in [0.29, 0.717) is 12.4 Å². The van der Waals surface area contributed by atoms with Gasteiger partial charge in [0.1, 0.15) is 11.6 Å². The molecule has 1 rings (SSSR count). The zero-order valence-electron chi connectivity index (χ0n) is 10.0. The Kier molecular flexibility index (Phi) is 5.75. The van der Waals surface area contributed by atoms with Gasteiger partial charge in [0, 0.05) is 24.3 Å². The predicted molar refractivity (Wildman–Crippen MR) is 72.2 cm³/mol. The van der Waals surface area contributed by atoms with Crippen molar-refractivity contribution >= 4 is 23.2 Å². The van der Waals surface area contributed by atoms with Gasteiger partial charge in [0.25, 0.3) is 5.91 Å². The van der Waals surface area contributed by atoms with Gasteiger partial charge in [-0.2, -0.15) is 5.26 Å². The highest BCUT2D eigenvalue weighted by Gasteiger charge is 2.07. The molecule has 1 amide bonds. The number of carbonyl (C=O) groups is 1. The topological polar surface area (TPSA) is 64.9 Å². The molecule has 0 saturated heterocycles. The SMILES string of the molecule is Cc1ccc(N/C=C(/C#N)C(=O)NCCCl)cc1. The maximum absolute atomic E-state index is 11.5. The summed E-state index contributed by atoms with van der Waals surface area (Å²) in [7, 11) is 0. The summed E-state index contributed by atoms with van der Waals surface area (Å²) in [5, 5.41) is 14.3. The molecule has 0 aliphatic heterocycles. The normalized spacial score (nSPS) is 10.6. The van der Waals surface area contributed by atoms with E-state index < -0.39 is 5.91 Å². The van der Waals surface area contributed by atoms with Gasteiger partial charge in [-0.15, -0.1) is 11.6 Å². The van der Waals surface area contributed by atoms with E-state index in [1.807, 2.05) is 37.3 Å². The molecule has 0 unspecified atom stereocenters. The molecule has 0 spiro atoms. The first-order valence-electron chi connectivity index (χ1n) is 5.45. The van der Waals surface area contributed by atoms with Crippen molar-refractivity contribution in [2.24, 2.45) is 0 Å². The molecule has 18 heavy (non-hydrogen) atoms. The van der Waals surface area contributed by atoms with Gasteiger partial charge in [0.15, 0.2) is 0 Å². The van der Waals surface area contributed by atoms with Crippen LogP contribution in [0.25, 0.3) is 0 Å². The summed E-state index contributed by atoms with van der Waals surface area (Å²) >= 11 is 5.45. The summed E-state index contributed by atoms with van der Waals surface area (Å²) in [5.41, 5.74) is 1.98. The summed E-state index contributed by atoms with van der Waals surface area (Å²) in [5.74, 6) is -0.117. The standard InChI is InChI=1S/C13H14ClN3O/c1-10-2-4-12(5-3-10)17-9-11(8-15)13(18)16-7-6-14/h2-5,9,17H,6-7H2,1H3,(H,16,18)/b11-9-. The smallest absolute Gasteiger partial charge is 0.263 e. The maximum atomic E-state index is 11.5. The van der Waals surface area contributed by atoms with E-state index in [9.17, 15) is 4.79 Å². The zero-order chi connectivity index (χ0) is 13.4. The molecular formula is C13H14ClN3O. The second-order valence-electron chi connectivity index (χ2n) is 3.63. The molecule has 5 heteroatoms. The molecule has 0 aromatic heterocycles. The summed E-state index contributed by atoms with van der Waals surface area (Å²) in [6.07, 6.45) is 1.38. The van der Waals surface area contributed by atoms with E-state index in [-0.39, 0.29) is 5.57 Å². The van der Waals surface area contributed by atoms with Crippen molar-refractivity contribution in [3.63, 3.8) is 0 Å². The lowest BCUT2D eigenvalue weighted by Crippen LogP contribution is -2.26. The quantitative estimate of drug-likeness (QED) is 0.486. The Morgan fingerprint density at radius 2 is 2.11 bits per heavy atom. The van der Waals surface area contributed by atoms with Crippen LogP contribution in [-0.2, 0) is 4.79 Å². The van der Waals surface area contributed by atoms with Crippen molar-refractivity contribution in [1.82, 2.24) is 5.32 Å². The van der Waals surface area contributed by atoms with Crippen molar-refractivity contribution in [3.05, 3.63) is 41.6 Å². The van der Waals surface area contributed by atoms with Crippen LogP contribution in [0, 0.1) is 18.3 Å². The summed E-state index contributed by atoms with van der Waals surface area (Å²) in [6, 6.07) is 9.46. The van der Waals surface area contributed by atoms with Gasteiger partial charge in [-0.05, 0) is 19.1 Å². The first kappa shape index (κ1) is 14.1. The molecule has 0 radical (unpaired) electrons. The summed E-state index contributed by atoms with van der Waals surface area (Å²) in [4.78, 5) is 11.5. The number of aryl methyl sites for hydroxylation is 1. The Balaban J connectivity index is 2.66. The van der Waals surface area contributed by atoms with Crippen molar-refractivity contribution < 1.29 is 4.79 Å². The number of alkyl halides is 1. The number of carbonyl (C=O) groups excluding carboxylic acids is 1. The van der Waals surface area contributed by atoms with E-state index in [4.69, 9.17) is 16.9 Å². The lowest BCUT2D eigenvalue weighted by Gasteiger charge is -2.03. The number of hydrogen-bond donors (Lipinski definition) is 2. The van der Waals surface area contributed by atoms with E-state index in [0.717, 1.165) is 11.3 Å². The molecule has 0 aliphatic rings. The van der Waals surface area contributed by atoms with Gasteiger partial charge in [-0.1, -0.05) is 17.7 Å². The number of hydrogen-bond acceptors (Lipinski definition) is 3. The van der Waals surface area contributed by atoms with Crippen LogP contribution in [-0.4, -0.2) is 18.3 Å². The number of benzene rings is 1. The number of nitrogens with zero attached hydrogens (tertiary/aromatic N) is 1. The van der Waals surface area contributed by atoms with Crippen LogP contribution in [0.15, 0.2) is 36.0 Å². The molecule has 0 atom stereocenters. The molecular weight excluding hydrogens is 250 g/mol. The molecule has 1 aromatic carbocycles. The van der Waals surface area contributed by atoms with Gasteiger partial charge in [0.2, 0.25) is 0 Å². The number of halogens is 1. The highest BCUT2D eigenvalue weighted by atomic mass is 35.5. The Bertz CT molecular complexity index is 474. The van der Waals surface area contributed by atoms with Crippen LogP contribution < -0.4 is 10.6 Å². The van der Waals surface area contributed by atoms with E-state index in [2.05, 4.69) is 10.6 Å². The van der Waals surface area contributed by atoms with Gasteiger partial charge >= 0.3 is 0 Å². The predicted octanol–water partition coefficient (Wildman–Crippen LogP) is 2.17. The first-order chi connectivity index (χ1) is 8.67. The van der Waals surface area contributed by atoms with Crippen molar-refractivity contribution in [2.75, 3.05) is 17.7 Å². The largest absolute Gasteiger partial charge is 0.360 e. The number of amides is 1. The number of nitrogens with one attached hydrogen (secondary N) is 2. The van der Waals surface area contributed by atoms with Crippen molar-refractivity contribution in [2.45, 2.75) is 6.92 Å². The zero-order valence-corrected chi connectivity index (χ0v) is 10.8. The van der Waals surface area contributed by atoms with Crippen LogP contribution in [0.2, 0.25) is 0 Å². The minimum absolute atomic E-state index is 0.0145. The van der Waals surface area contributed by atoms with Crippen LogP contribution in [0.5, 0.6) is 0 Å². The molecule has 0 saturated carbocycles. The molecule has 0 heterocycles. The first-order valence-corrected chi connectivity index (χ1v) is 5.98. The van der Waals surface area contributed by atoms with Crippen LogP contribution in [0.1, 0.15) is 5.56 Å². The average Bonchev–Trinajstić information content (AvgIpc) is 2.39. The fourth-order valence-corrected chi connectivity index (χ4v) is 1.30. The second kappa shape index (κ2) is 7.36. The number of anilines is 1. The number of nitriles is 1. The molecule has 0 bridgehead atoms. The summed E-state index contributed by atoms with van der Waals surface area (Å²) in [6.45, 7) is 2.32. The van der Waals surface area contributed by atoms with Crippen molar-refractivity contribution in [1.29, 1.82) is 5.26 Å². The summed E-state index contributed by atoms with van der Waals surface area (Å²) < 4.78 is 0. The third-order valence-corrected chi connectivity index (χ3v) is 2.37. The number of rotatable bonds is 5. The van der Waals surface area contributed by atoms with Crippen LogP contribution in [0.3, 0.4) is 0 Å². The van der Waals surface area contributed by atoms with E-state index in [1.54, 1.807) is 0 Å². The Hall–Kier alpha value is -1.99. The van der Waals surface area contributed by atoms with Gasteiger partial charge in [-0.25, -0.2) is 0 Å². The van der Waals surface area contributed by atoms with E-state index >= 15 is 0 Å². The minimum atomic E-state index is -0.433. The maximum Gasteiger partial charge on any atom is 0.263 e. The molecule has 2 N–H and O–H groups in total. The monoisotopic (exact) mass is 263 g/mol. The van der Waals surface area contributed by atoms with Crippen molar-refractivity contribution in [3.8, 4) is 6.07 Å². The lowest BCUT2D eigenvalue weighted by molar-refractivity contribution is -0.117. The lowest BCUT2D eigenvalue weighted by atomic mass is 10.2. The Morgan fingerprint density at radius 3 is 2.67 bits per heavy atom. The highest BCUT2D eigenvalue weighted by molar-refractivity contribution is 6.18. The molecule has 94 valence electrons. The Morgan fingerprint density at radius 1 is 1.44 bits per heavy atom. The molecule has 0 fully saturated rings. The Labute approximate surface area is 111 Å². The molecule has 0 aliphatic carbocycles. The highest BCUT2D eigenvalue weighted by Crippen LogP contribution is 2.09. The van der Waals surface area contributed by atoms with Crippen LogP contribution >= 0.6 is 11.6 Å². The van der Waals surface area contributed by atoms with Crippen LogP contribution in [0.4, 0.5) is 5.69 Å². The fraction of sp³-hybridized carbons (Fsp3) is 0.231. The minimum Gasteiger partial charge on any atom is -0.360 e. The van der Waals surface area contributed by atoms with E-state index in [1.165, 1.54) is 6.20 Å². The fourth-order valence-electron chi connectivity index (χ4n) is 1.21.